The van der Waals surface area contributed by atoms with E-state index in [1.807, 2.05) is 0 Å². The standard InChI is InChI=1S/C14H21IN2/c1-16-10-14-4-2-3-9-17(14)11-12-5-7-13(15)8-6-12/h5-8,14,16H,2-4,9-11H2,1H3. The summed E-state index contributed by atoms with van der Waals surface area (Å²) in [6.45, 7) is 3.46. The van der Waals surface area contributed by atoms with Crippen LogP contribution in [0.4, 0.5) is 0 Å². The first-order valence-electron chi connectivity index (χ1n) is 6.42. The average Bonchev–Trinajstić information content (AvgIpc) is 2.35. The van der Waals surface area contributed by atoms with Crippen LogP contribution in [0, 0.1) is 3.57 Å². The van der Waals surface area contributed by atoms with Crippen LogP contribution in [0.2, 0.25) is 0 Å². The lowest BCUT2D eigenvalue weighted by Crippen LogP contribution is -2.44. The van der Waals surface area contributed by atoms with E-state index in [4.69, 9.17) is 0 Å². The molecular formula is C14H21IN2. The number of rotatable bonds is 4. The Morgan fingerprint density at radius 3 is 2.76 bits per heavy atom. The van der Waals surface area contributed by atoms with Gasteiger partial charge in [-0.2, -0.15) is 0 Å². The van der Waals surface area contributed by atoms with Crippen molar-refractivity contribution in [3.05, 3.63) is 33.4 Å². The smallest absolute Gasteiger partial charge is 0.0237 e. The van der Waals surface area contributed by atoms with Gasteiger partial charge >= 0.3 is 0 Å². The lowest BCUT2D eigenvalue weighted by molar-refractivity contribution is 0.139. The maximum Gasteiger partial charge on any atom is 0.0237 e. The predicted octanol–water partition coefficient (Wildman–Crippen LogP) is 2.87. The van der Waals surface area contributed by atoms with Gasteiger partial charge in [-0.15, -0.1) is 0 Å². The Kier molecular flexibility index (Phi) is 5.25. The van der Waals surface area contributed by atoms with E-state index in [-0.39, 0.29) is 0 Å². The number of likely N-dealkylation sites (N-methyl/N-ethyl adjacent to an activating group) is 1. The molecule has 0 bridgehead atoms. The molecule has 1 aromatic rings. The summed E-state index contributed by atoms with van der Waals surface area (Å²) in [6, 6.07) is 9.63. The molecule has 1 fully saturated rings. The molecule has 2 nitrogen and oxygen atoms in total. The fraction of sp³-hybridized carbons (Fsp3) is 0.571. The summed E-state index contributed by atoms with van der Waals surface area (Å²) in [5.41, 5.74) is 1.44. The van der Waals surface area contributed by atoms with E-state index >= 15 is 0 Å². The van der Waals surface area contributed by atoms with Crippen molar-refractivity contribution in [1.82, 2.24) is 10.2 Å². The van der Waals surface area contributed by atoms with Gasteiger partial charge in [-0.25, -0.2) is 0 Å². The Hall–Kier alpha value is -0.130. The van der Waals surface area contributed by atoms with Crippen molar-refractivity contribution in [3.63, 3.8) is 0 Å². The number of nitrogens with one attached hydrogen (secondary N) is 1. The van der Waals surface area contributed by atoms with Crippen molar-refractivity contribution in [2.75, 3.05) is 20.1 Å². The van der Waals surface area contributed by atoms with Gasteiger partial charge in [0.25, 0.3) is 0 Å². The fourth-order valence-electron chi connectivity index (χ4n) is 2.56. The minimum absolute atomic E-state index is 0.716. The molecule has 94 valence electrons. The van der Waals surface area contributed by atoms with Crippen LogP contribution in [-0.2, 0) is 6.54 Å². The molecule has 3 heteroatoms. The molecule has 1 unspecified atom stereocenters. The molecule has 0 amide bonds. The second-order valence-electron chi connectivity index (χ2n) is 4.80. The van der Waals surface area contributed by atoms with E-state index in [2.05, 4.69) is 64.1 Å². The summed E-state index contributed by atoms with van der Waals surface area (Å²) in [7, 11) is 2.05. The summed E-state index contributed by atoms with van der Waals surface area (Å²) in [4.78, 5) is 2.63. The number of likely N-dealkylation sites (tertiary alicyclic amines) is 1. The molecule has 1 saturated heterocycles. The molecule has 1 atom stereocenters. The summed E-state index contributed by atoms with van der Waals surface area (Å²) in [5, 5.41) is 3.32. The maximum atomic E-state index is 3.32. The number of hydrogen-bond donors (Lipinski definition) is 1. The Morgan fingerprint density at radius 1 is 1.29 bits per heavy atom. The van der Waals surface area contributed by atoms with Gasteiger partial charge < -0.3 is 5.32 Å². The zero-order valence-electron chi connectivity index (χ0n) is 10.5. The van der Waals surface area contributed by atoms with Gasteiger partial charge in [0.2, 0.25) is 0 Å². The van der Waals surface area contributed by atoms with Crippen LogP contribution in [0.25, 0.3) is 0 Å². The number of benzene rings is 1. The zero-order chi connectivity index (χ0) is 12.1. The highest BCUT2D eigenvalue weighted by molar-refractivity contribution is 14.1. The fourth-order valence-corrected chi connectivity index (χ4v) is 2.92. The van der Waals surface area contributed by atoms with E-state index in [1.54, 1.807) is 0 Å². The van der Waals surface area contributed by atoms with Gasteiger partial charge in [0.15, 0.2) is 0 Å². The molecule has 0 aliphatic carbocycles. The number of halogens is 1. The largest absolute Gasteiger partial charge is 0.318 e. The molecule has 0 saturated carbocycles. The summed E-state index contributed by atoms with van der Waals surface area (Å²) in [5.74, 6) is 0. The Bertz CT molecular complexity index is 335. The molecule has 0 radical (unpaired) electrons. The Morgan fingerprint density at radius 2 is 2.06 bits per heavy atom. The molecule has 1 aromatic carbocycles. The monoisotopic (exact) mass is 344 g/mol. The van der Waals surface area contributed by atoms with Crippen molar-refractivity contribution >= 4 is 22.6 Å². The van der Waals surface area contributed by atoms with Crippen molar-refractivity contribution in [2.45, 2.75) is 31.8 Å². The quantitative estimate of drug-likeness (QED) is 0.845. The van der Waals surface area contributed by atoms with E-state index in [0.29, 0.717) is 6.04 Å². The third kappa shape index (κ3) is 3.93. The summed E-state index contributed by atoms with van der Waals surface area (Å²) in [6.07, 6.45) is 4.07. The van der Waals surface area contributed by atoms with Crippen LogP contribution in [0.15, 0.2) is 24.3 Å². The minimum Gasteiger partial charge on any atom is -0.318 e. The van der Waals surface area contributed by atoms with Gasteiger partial charge in [-0.1, -0.05) is 18.6 Å². The zero-order valence-corrected chi connectivity index (χ0v) is 12.6. The van der Waals surface area contributed by atoms with Gasteiger partial charge in [0.1, 0.15) is 0 Å². The van der Waals surface area contributed by atoms with Crippen molar-refractivity contribution in [2.24, 2.45) is 0 Å². The van der Waals surface area contributed by atoms with Crippen LogP contribution in [-0.4, -0.2) is 31.1 Å². The molecule has 0 spiro atoms. The topological polar surface area (TPSA) is 15.3 Å². The first-order chi connectivity index (χ1) is 8.29. The summed E-state index contributed by atoms with van der Waals surface area (Å²) < 4.78 is 1.32. The van der Waals surface area contributed by atoms with E-state index in [0.717, 1.165) is 13.1 Å². The van der Waals surface area contributed by atoms with Gasteiger partial charge in [0.05, 0.1) is 0 Å². The second-order valence-corrected chi connectivity index (χ2v) is 6.05. The van der Waals surface area contributed by atoms with Crippen LogP contribution in [0.5, 0.6) is 0 Å². The first kappa shape index (κ1) is 13.3. The summed E-state index contributed by atoms with van der Waals surface area (Å²) >= 11 is 2.36. The number of hydrogen-bond acceptors (Lipinski definition) is 2. The predicted molar refractivity (Wildman–Crippen MR) is 81.1 cm³/mol. The normalized spacial score (nSPS) is 21.6. The first-order valence-corrected chi connectivity index (χ1v) is 7.50. The second kappa shape index (κ2) is 6.71. The molecule has 1 heterocycles. The Balaban J connectivity index is 1.97. The molecule has 1 N–H and O–H groups in total. The lowest BCUT2D eigenvalue weighted by atomic mass is 10.0. The van der Waals surface area contributed by atoms with Crippen molar-refractivity contribution in [1.29, 1.82) is 0 Å². The van der Waals surface area contributed by atoms with Gasteiger partial charge in [-0.3, -0.25) is 4.90 Å². The van der Waals surface area contributed by atoms with Crippen LogP contribution in [0.1, 0.15) is 24.8 Å². The van der Waals surface area contributed by atoms with Gasteiger partial charge in [-0.05, 0) is 66.7 Å². The SMILES string of the molecule is CNCC1CCCCN1Cc1ccc(I)cc1. The van der Waals surface area contributed by atoms with Crippen LogP contribution in [0.3, 0.4) is 0 Å². The molecule has 1 aliphatic heterocycles. The Labute approximate surface area is 118 Å². The highest BCUT2D eigenvalue weighted by atomic mass is 127. The maximum absolute atomic E-state index is 3.32. The van der Waals surface area contributed by atoms with E-state index in [1.165, 1.54) is 34.9 Å². The highest BCUT2D eigenvalue weighted by Crippen LogP contribution is 2.19. The molecule has 0 aromatic heterocycles. The minimum atomic E-state index is 0.716. The number of piperidine rings is 1. The third-order valence-corrected chi connectivity index (χ3v) is 4.21. The molecule has 17 heavy (non-hydrogen) atoms. The average molecular weight is 344 g/mol. The number of nitrogens with zero attached hydrogens (tertiary/aromatic N) is 1. The van der Waals surface area contributed by atoms with Gasteiger partial charge in [0, 0.05) is 22.7 Å². The highest BCUT2D eigenvalue weighted by Gasteiger charge is 2.21. The van der Waals surface area contributed by atoms with E-state index < -0.39 is 0 Å². The third-order valence-electron chi connectivity index (χ3n) is 3.49. The molecule has 2 rings (SSSR count). The van der Waals surface area contributed by atoms with Crippen molar-refractivity contribution < 1.29 is 0 Å². The van der Waals surface area contributed by atoms with E-state index in [9.17, 15) is 0 Å². The van der Waals surface area contributed by atoms with Crippen LogP contribution >= 0.6 is 22.6 Å². The molecule has 1 aliphatic rings. The van der Waals surface area contributed by atoms with Crippen LogP contribution < -0.4 is 5.32 Å². The lowest BCUT2D eigenvalue weighted by Gasteiger charge is -2.35. The van der Waals surface area contributed by atoms with Crippen molar-refractivity contribution in [3.8, 4) is 0 Å². The molecular weight excluding hydrogens is 323 g/mol.